The zero-order chi connectivity index (χ0) is 17.3. The van der Waals surface area contributed by atoms with Crippen LogP contribution in [0.5, 0.6) is 5.75 Å². The molecule has 3 rings (SSSR count). The second kappa shape index (κ2) is 5.96. The molecule has 122 valence electrons. The quantitative estimate of drug-likeness (QED) is 0.754. The number of fused-ring (bicyclic) bond motifs is 1. The standard InChI is InChI=1S/C16H14N4O3S/c1-18-24(21,22)11-4-5-12(15(8-11)23-2)16-19-13-6-3-10(9-17)7-14(13)20-16/h3-8,18H,1-2H3,(H,19,20). The van der Waals surface area contributed by atoms with Gasteiger partial charge in [0.05, 0.1) is 40.2 Å². The third-order valence-corrected chi connectivity index (χ3v) is 5.03. The van der Waals surface area contributed by atoms with Crippen molar-refractivity contribution in [2.75, 3.05) is 14.2 Å². The van der Waals surface area contributed by atoms with Gasteiger partial charge in [0.15, 0.2) is 0 Å². The molecular formula is C16H14N4O3S. The number of rotatable bonds is 4. The Kier molecular flexibility index (Phi) is 3.97. The van der Waals surface area contributed by atoms with Crippen molar-refractivity contribution in [2.24, 2.45) is 0 Å². The maximum Gasteiger partial charge on any atom is 0.240 e. The van der Waals surface area contributed by atoms with Crippen LogP contribution in [0.3, 0.4) is 0 Å². The Labute approximate surface area is 139 Å². The molecule has 0 aliphatic carbocycles. The molecule has 3 aromatic rings. The minimum absolute atomic E-state index is 0.105. The minimum atomic E-state index is -3.56. The van der Waals surface area contributed by atoms with Gasteiger partial charge < -0.3 is 9.72 Å². The third-order valence-electron chi connectivity index (χ3n) is 3.62. The topological polar surface area (TPSA) is 108 Å². The zero-order valence-corrected chi connectivity index (χ0v) is 13.8. The van der Waals surface area contributed by atoms with Gasteiger partial charge in [0.25, 0.3) is 0 Å². The summed E-state index contributed by atoms with van der Waals surface area (Å²) in [5, 5.41) is 8.96. The van der Waals surface area contributed by atoms with Crippen molar-refractivity contribution in [3.8, 4) is 23.2 Å². The molecule has 0 aliphatic rings. The first-order valence-electron chi connectivity index (χ1n) is 7.00. The summed E-state index contributed by atoms with van der Waals surface area (Å²) in [5.74, 6) is 0.913. The Balaban J connectivity index is 2.14. The van der Waals surface area contributed by atoms with Gasteiger partial charge in [-0.1, -0.05) is 0 Å². The monoisotopic (exact) mass is 342 g/mol. The van der Waals surface area contributed by atoms with Crippen molar-refractivity contribution in [2.45, 2.75) is 4.90 Å². The van der Waals surface area contributed by atoms with Gasteiger partial charge in [-0.15, -0.1) is 0 Å². The van der Waals surface area contributed by atoms with Crippen LogP contribution < -0.4 is 9.46 Å². The molecule has 1 heterocycles. The van der Waals surface area contributed by atoms with Gasteiger partial charge in [-0.3, -0.25) is 0 Å². The van der Waals surface area contributed by atoms with Gasteiger partial charge >= 0.3 is 0 Å². The fraction of sp³-hybridized carbons (Fsp3) is 0.125. The number of hydrogen-bond donors (Lipinski definition) is 2. The lowest BCUT2D eigenvalue weighted by molar-refractivity contribution is 0.415. The van der Waals surface area contributed by atoms with Crippen molar-refractivity contribution >= 4 is 21.1 Å². The number of aromatic nitrogens is 2. The zero-order valence-electron chi connectivity index (χ0n) is 13.0. The first-order valence-corrected chi connectivity index (χ1v) is 8.48. The van der Waals surface area contributed by atoms with E-state index in [0.29, 0.717) is 28.2 Å². The van der Waals surface area contributed by atoms with E-state index in [0.717, 1.165) is 5.52 Å². The number of H-pyrrole nitrogens is 1. The molecule has 0 spiro atoms. The highest BCUT2D eigenvalue weighted by Gasteiger charge is 2.17. The van der Waals surface area contributed by atoms with E-state index in [1.54, 1.807) is 24.3 Å². The SMILES string of the molecule is CNS(=O)(=O)c1ccc(-c2nc3cc(C#N)ccc3[nH]2)c(OC)c1. The highest BCUT2D eigenvalue weighted by atomic mass is 32.2. The summed E-state index contributed by atoms with van der Waals surface area (Å²) in [7, 11) is -0.748. The largest absolute Gasteiger partial charge is 0.496 e. The highest BCUT2D eigenvalue weighted by Crippen LogP contribution is 2.31. The number of sulfonamides is 1. The van der Waals surface area contributed by atoms with Gasteiger partial charge in [0.1, 0.15) is 11.6 Å². The molecular weight excluding hydrogens is 328 g/mol. The molecule has 0 unspecified atom stereocenters. The molecule has 0 atom stereocenters. The Morgan fingerprint density at radius 2 is 2.04 bits per heavy atom. The van der Waals surface area contributed by atoms with E-state index in [1.165, 1.54) is 26.3 Å². The number of methoxy groups -OCH3 is 1. The van der Waals surface area contributed by atoms with Gasteiger partial charge in [0.2, 0.25) is 10.0 Å². The molecule has 0 fully saturated rings. The van der Waals surface area contributed by atoms with Gasteiger partial charge in [-0.05, 0) is 37.4 Å². The lowest BCUT2D eigenvalue weighted by Gasteiger charge is -2.09. The molecule has 0 aliphatic heterocycles. The second-order valence-electron chi connectivity index (χ2n) is 5.00. The van der Waals surface area contributed by atoms with Gasteiger partial charge in [-0.25, -0.2) is 18.1 Å². The number of benzene rings is 2. The van der Waals surface area contributed by atoms with E-state index < -0.39 is 10.0 Å². The molecule has 0 saturated carbocycles. The molecule has 8 heteroatoms. The van der Waals surface area contributed by atoms with Crippen LogP contribution in [0.2, 0.25) is 0 Å². The number of hydrogen-bond acceptors (Lipinski definition) is 5. The fourth-order valence-corrected chi connectivity index (χ4v) is 3.10. The summed E-state index contributed by atoms with van der Waals surface area (Å²) < 4.78 is 31.4. The predicted octanol–water partition coefficient (Wildman–Crippen LogP) is 2.02. The summed E-state index contributed by atoms with van der Waals surface area (Å²) in [5.41, 5.74) is 2.57. The van der Waals surface area contributed by atoms with Crippen molar-refractivity contribution in [1.29, 1.82) is 5.26 Å². The van der Waals surface area contributed by atoms with E-state index >= 15 is 0 Å². The number of imidazole rings is 1. The van der Waals surface area contributed by atoms with Crippen LogP contribution in [0.15, 0.2) is 41.3 Å². The van der Waals surface area contributed by atoms with E-state index in [9.17, 15) is 8.42 Å². The number of nitrogens with zero attached hydrogens (tertiary/aromatic N) is 2. The van der Waals surface area contributed by atoms with Gasteiger partial charge in [0, 0.05) is 6.07 Å². The van der Waals surface area contributed by atoms with E-state index in [2.05, 4.69) is 20.8 Å². The predicted molar refractivity (Wildman–Crippen MR) is 89.0 cm³/mol. The molecule has 0 amide bonds. The Bertz CT molecular complexity index is 1060. The Morgan fingerprint density at radius 3 is 2.71 bits per heavy atom. The highest BCUT2D eigenvalue weighted by molar-refractivity contribution is 7.89. The van der Waals surface area contributed by atoms with Gasteiger partial charge in [-0.2, -0.15) is 5.26 Å². The van der Waals surface area contributed by atoms with E-state index in [-0.39, 0.29) is 4.90 Å². The average molecular weight is 342 g/mol. The summed E-state index contributed by atoms with van der Waals surface area (Å²) in [4.78, 5) is 7.71. The van der Waals surface area contributed by atoms with Crippen molar-refractivity contribution in [3.05, 3.63) is 42.0 Å². The van der Waals surface area contributed by atoms with Crippen molar-refractivity contribution in [3.63, 3.8) is 0 Å². The first-order chi connectivity index (χ1) is 11.5. The summed E-state index contributed by atoms with van der Waals surface area (Å²) in [6.45, 7) is 0. The van der Waals surface area contributed by atoms with Crippen LogP contribution in [0.1, 0.15) is 5.56 Å². The lowest BCUT2D eigenvalue weighted by Crippen LogP contribution is -2.18. The van der Waals surface area contributed by atoms with Crippen molar-refractivity contribution in [1.82, 2.24) is 14.7 Å². The maximum absolute atomic E-state index is 11.9. The Hall–Kier alpha value is -2.89. The van der Waals surface area contributed by atoms with E-state index in [1.807, 2.05) is 0 Å². The minimum Gasteiger partial charge on any atom is -0.496 e. The normalized spacial score (nSPS) is 11.4. The number of nitriles is 1. The lowest BCUT2D eigenvalue weighted by atomic mass is 10.2. The van der Waals surface area contributed by atoms with Crippen LogP contribution in [0.25, 0.3) is 22.4 Å². The second-order valence-corrected chi connectivity index (χ2v) is 6.89. The van der Waals surface area contributed by atoms with Crippen molar-refractivity contribution < 1.29 is 13.2 Å². The molecule has 0 radical (unpaired) electrons. The fourth-order valence-electron chi connectivity index (χ4n) is 2.36. The smallest absolute Gasteiger partial charge is 0.240 e. The summed E-state index contributed by atoms with van der Waals surface area (Å²) >= 11 is 0. The molecule has 2 aromatic carbocycles. The summed E-state index contributed by atoms with van der Waals surface area (Å²) in [6, 6.07) is 11.8. The number of aromatic amines is 1. The van der Waals surface area contributed by atoms with Crippen LogP contribution in [-0.4, -0.2) is 32.5 Å². The van der Waals surface area contributed by atoms with Crippen LogP contribution >= 0.6 is 0 Å². The molecule has 0 saturated heterocycles. The van der Waals surface area contributed by atoms with Crippen LogP contribution in [0, 0.1) is 11.3 Å². The molecule has 24 heavy (non-hydrogen) atoms. The molecule has 1 aromatic heterocycles. The Morgan fingerprint density at radius 1 is 1.25 bits per heavy atom. The van der Waals surface area contributed by atoms with Crippen LogP contribution in [0.4, 0.5) is 0 Å². The van der Waals surface area contributed by atoms with Crippen LogP contribution in [-0.2, 0) is 10.0 Å². The van der Waals surface area contributed by atoms with E-state index in [4.69, 9.17) is 10.00 Å². The number of nitrogens with one attached hydrogen (secondary N) is 2. The number of ether oxygens (including phenoxy) is 1. The summed E-state index contributed by atoms with van der Waals surface area (Å²) in [6.07, 6.45) is 0. The maximum atomic E-state index is 11.9. The third kappa shape index (κ3) is 2.71. The molecule has 7 nitrogen and oxygen atoms in total. The first kappa shape index (κ1) is 16.0. The molecule has 2 N–H and O–H groups in total. The average Bonchev–Trinajstić information content (AvgIpc) is 3.03. The molecule has 0 bridgehead atoms.